The second-order valence-electron chi connectivity index (χ2n) is 5.07. The fraction of sp³-hybridized carbons (Fsp3) is 0.500. The summed E-state index contributed by atoms with van der Waals surface area (Å²) in [5, 5.41) is 14.0. The Balaban J connectivity index is 2.26. The molecule has 116 valence electrons. The number of nitro benzene ring substituents is 1. The molecule has 0 radical (unpaired) electrons. The average Bonchev–Trinajstić information content (AvgIpc) is 2.38. The van der Waals surface area contributed by atoms with E-state index in [9.17, 15) is 18.5 Å². The molecule has 0 aromatic heterocycles. The third kappa shape index (κ3) is 3.91. The first-order valence-corrected chi connectivity index (χ1v) is 8.35. The third-order valence-corrected chi connectivity index (χ3v) is 5.36. The molecule has 2 rings (SSSR count). The quantitative estimate of drug-likeness (QED) is 0.644. The van der Waals surface area contributed by atoms with Gasteiger partial charge < -0.3 is 5.32 Å². The van der Waals surface area contributed by atoms with Crippen LogP contribution in [-0.2, 0) is 10.0 Å². The minimum absolute atomic E-state index is 0.0323. The Morgan fingerprint density at radius 3 is 2.81 bits per heavy atom. The second-order valence-corrected chi connectivity index (χ2v) is 7.16. The van der Waals surface area contributed by atoms with Crippen LogP contribution >= 0.6 is 11.6 Å². The van der Waals surface area contributed by atoms with Crippen molar-refractivity contribution in [1.29, 1.82) is 0 Å². The second kappa shape index (κ2) is 6.27. The lowest BCUT2D eigenvalue weighted by Gasteiger charge is -2.28. The van der Waals surface area contributed by atoms with Gasteiger partial charge in [0, 0.05) is 24.2 Å². The molecule has 1 aromatic carbocycles. The van der Waals surface area contributed by atoms with Crippen LogP contribution in [-0.4, -0.2) is 32.0 Å². The van der Waals surface area contributed by atoms with Crippen LogP contribution in [0.15, 0.2) is 23.1 Å². The molecule has 2 atom stereocenters. The molecule has 1 aliphatic rings. The Labute approximate surface area is 127 Å². The van der Waals surface area contributed by atoms with E-state index in [1.807, 2.05) is 6.92 Å². The molecule has 1 saturated heterocycles. The summed E-state index contributed by atoms with van der Waals surface area (Å²) in [5.41, 5.74) is -0.307. The number of rotatable bonds is 4. The molecule has 2 N–H and O–H groups in total. The highest BCUT2D eigenvalue weighted by atomic mass is 35.5. The first-order valence-electron chi connectivity index (χ1n) is 6.49. The van der Waals surface area contributed by atoms with Gasteiger partial charge in [0.05, 0.1) is 9.95 Å². The monoisotopic (exact) mass is 333 g/mol. The summed E-state index contributed by atoms with van der Waals surface area (Å²) in [6.45, 7) is 2.69. The van der Waals surface area contributed by atoms with Crippen molar-refractivity contribution in [1.82, 2.24) is 10.0 Å². The average molecular weight is 334 g/mol. The van der Waals surface area contributed by atoms with Gasteiger partial charge in [-0.05, 0) is 32.4 Å². The molecule has 1 aromatic rings. The smallest absolute Gasteiger partial charge is 0.270 e. The molecule has 2 unspecified atom stereocenters. The molecule has 1 aliphatic heterocycles. The molecule has 0 bridgehead atoms. The van der Waals surface area contributed by atoms with Gasteiger partial charge in [-0.3, -0.25) is 10.1 Å². The van der Waals surface area contributed by atoms with Gasteiger partial charge in [-0.1, -0.05) is 11.6 Å². The van der Waals surface area contributed by atoms with Crippen molar-refractivity contribution in [3.05, 3.63) is 33.3 Å². The summed E-state index contributed by atoms with van der Waals surface area (Å²) in [6.07, 6.45) is 1.32. The number of sulfonamides is 1. The first-order chi connectivity index (χ1) is 9.79. The summed E-state index contributed by atoms with van der Waals surface area (Å²) in [4.78, 5) is 9.85. The number of non-ortho nitro benzene ring substituents is 1. The highest BCUT2D eigenvalue weighted by Gasteiger charge is 2.27. The van der Waals surface area contributed by atoms with E-state index in [0.717, 1.165) is 12.6 Å². The zero-order valence-corrected chi connectivity index (χ0v) is 12.9. The highest BCUT2D eigenvalue weighted by molar-refractivity contribution is 7.89. The predicted molar refractivity (Wildman–Crippen MR) is 78.9 cm³/mol. The molecule has 0 amide bonds. The molecule has 9 heteroatoms. The maximum Gasteiger partial charge on any atom is 0.270 e. The topological polar surface area (TPSA) is 101 Å². The number of nitrogens with one attached hydrogen (secondary N) is 2. The fourth-order valence-corrected chi connectivity index (χ4v) is 4.14. The Hall–Kier alpha value is -1.22. The van der Waals surface area contributed by atoms with E-state index in [0.29, 0.717) is 12.8 Å². The van der Waals surface area contributed by atoms with Crippen LogP contribution in [0.1, 0.15) is 19.8 Å². The Bertz CT molecular complexity index is 650. The van der Waals surface area contributed by atoms with Crippen LogP contribution in [0, 0.1) is 10.1 Å². The molecular weight excluding hydrogens is 318 g/mol. The van der Waals surface area contributed by atoms with Crippen molar-refractivity contribution >= 4 is 27.3 Å². The van der Waals surface area contributed by atoms with Crippen molar-refractivity contribution in [2.75, 3.05) is 6.54 Å². The van der Waals surface area contributed by atoms with Crippen molar-refractivity contribution in [2.24, 2.45) is 0 Å². The van der Waals surface area contributed by atoms with Gasteiger partial charge in [-0.2, -0.15) is 0 Å². The number of halogens is 1. The number of hydrogen-bond donors (Lipinski definition) is 2. The number of nitrogens with zero attached hydrogens (tertiary/aromatic N) is 1. The largest absolute Gasteiger partial charge is 0.314 e. The van der Waals surface area contributed by atoms with Gasteiger partial charge >= 0.3 is 0 Å². The molecule has 0 spiro atoms. The van der Waals surface area contributed by atoms with E-state index in [4.69, 9.17) is 11.6 Å². The summed E-state index contributed by atoms with van der Waals surface area (Å²) in [5.74, 6) is 0. The Morgan fingerprint density at radius 1 is 1.48 bits per heavy atom. The number of hydrogen-bond acceptors (Lipinski definition) is 5. The van der Waals surface area contributed by atoms with Gasteiger partial charge in [0.1, 0.15) is 4.90 Å². The van der Waals surface area contributed by atoms with Crippen molar-refractivity contribution < 1.29 is 13.3 Å². The zero-order valence-electron chi connectivity index (χ0n) is 11.4. The lowest BCUT2D eigenvalue weighted by molar-refractivity contribution is -0.385. The minimum atomic E-state index is -3.88. The number of nitro groups is 1. The molecule has 1 heterocycles. The molecule has 21 heavy (non-hydrogen) atoms. The van der Waals surface area contributed by atoms with Gasteiger partial charge in [0.15, 0.2) is 0 Å². The summed E-state index contributed by atoms with van der Waals surface area (Å²) < 4.78 is 27.3. The third-order valence-electron chi connectivity index (χ3n) is 3.36. The molecule has 7 nitrogen and oxygen atoms in total. The predicted octanol–water partition coefficient (Wildman–Crippen LogP) is 1.67. The van der Waals surface area contributed by atoms with Gasteiger partial charge in [0.2, 0.25) is 10.0 Å². The molecule has 0 aliphatic carbocycles. The van der Waals surface area contributed by atoms with Crippen molar-refractivity contribution in [3.63, 3.8) is 0 Å². The number of piperidine rings is 1. The number of benzene rings is 1. The van der Waals surface area contributed by atoms with E-state index in [1.54, 1.807) is 0 Å². The van der Waals surface area contributed by atoms with Crippen LogP contribution in [0.5, 0.6) is 0 Å². The van der Waals surface area contributed by atoms with Crippen LogP contribution in [0.4, 0.5) is 5.69 Å². The van der Waals surface area contributed by atoms with E-state index < -0.39 is 14.9 Å². The zero-order chi connectivity index (χ0) is 15.6. The molecular formula is C12H16ClN3O4S. The van der Waals surface area contributed by atoms with Gasteiger partial charge in [0.25, 0.3) is 5.69 Å². The van der Waals surface area contributed by atoms with Crippen LogP contribution in [0.2, 0.25) is 5.02 Å². The fourth-order valence-electron chi connectivity index (χ4n) is 2.33. The Morgan fingerprint density at radius 2 is 2.19 bits per heavy atom. The maximum absolute atomic E-state index is 12.4. The van der Waals surface area contributed by atoms with Crippen LogP contribution in [0.3, 0.4) is 0 Å². The lowest BCUT2D eigenvalue weighted by Crippen LogP contribution is -2.46. The maximum atomic E-state index is 12.4. The van der Waals surface area contributed by atoms with Crippen LogP contribution < -0.4 is 10.0 Å². The van der Waals surface area contributed by atoms with E-state index in [2.05, 4.69) is 10.0 Å². The summed E-state index contributed by atoms with van der Waals surface area (Å²) in [7, 11) is -3.88. The SMILES string of the molecule is CC1CC(NS(=O)(=O)c2cc([N+](=O)[O-])ccc2Cl)CCN1. The molecule has 1 fully saturated rings. The van der Waals surface area contributed by atoms with Gasteiger partial charge in [-0.15, -0.1) is 0 Å². The van der Waals surface area contributed by atoms with E-state index in [-0.39, 0.29) is 27.7 Å². The normalized spacial score (nSPS) is 23.0. The standard InChI is InChI=1S/C12H16ClN3O4S/c1-8-6-9(4-5-14-8)15-21(19,20)12-7-10(16(17)18)2-3-11(12)13/h2-3,7-9,14-15H,4-6H2,1H3. The summed E-state index contributed by atoms with van der Waals surface area (Å²) in [6, 6.07) is 3.39. The minimum Gasteiger partial charge on any atom is -0.314 e. The van der Waals surface area contributed by atoms with E-state index in [1.165, 1.54) is 12.1 Å². The Kier molecular flexibility index (Phi) is 4.82. The van der Waals surface area contributed by atoms with Gasteiger partial charge in [-0.25, -0.2) is 13.1 Å². The van der Waals surface area contributed by atoms with Crippen LogP contribution in [0.25, 0.3) is 0 Å². The molecule has 0 saturated carbocycles. The summed E-state index contributed by atoms with van der Waals surface area (Å²) >= 11 is 5.88. The lowest BCUT2D eigenvalue weighted by atomic mass is 10.0. The van der Waals surface area contributed by atoms with Crippen molar-refractivity contribution in [2.45, 2.75) is 36.7 Å². The first kappa shape index (κ1) is 16.2. The van der Waals surface area contributed by atoms with E-state index >= 15 is 0 Å². The van der Waals surface area contributed by atoms with Crippen molar-refractivity contribution in [3.8, 4) is 0 Å². The highest BCUT2D eigenvalue weighted by Crippen LogP contribution is 2.26.